The normalized spacial score (nSPS) is 16.5. The second-order valence-electron chi connectivity index (χ2n) is 8.85. The molecule has 2 aromatic rings. The highest BCUT2D eigenvalue weighted by molar-refractivity contribution is 5.88. The number of ether oxygens (including phenoxy) is 3. The van der Waals surface area contributed by atoms with Gasteiger partial charge in [-0.3, -0.25) is 4.79 Å². The molecule has 0 radical (unpaired) electrons. The van der Waals surface area contributed by atoms with Crippen LogP contribution in [0.15, 0.2) is 42.5 Å². The van der Waals surface area contributed by atoms with Crippen molar-refractivity contribution < 1.29 is 23.8 Å². The van der Waals surface area contributed by atoms with E-state index in [-0.39, 0.29) is 12.3 Å². The van der Waals surface area contributed by atoms with E-state index < -0.39 is 5.60 Å². The number of benzene rings is 2. The quantitative estimate of drug-likeness (QED) is 0.550. The number of anilines is 1. The van der Waals surface area contributed by atoms with Crippen LogP contribution < -0.4 is 9.64 Å². The van der Waals surface area contributed by atoms with Gasteiger partial charge in [0, 0.05) is 36.5 Å². The van der Waals surface area contributed by atoms with E-state index in [1.807, 2.05) is 82.0 Å². The van der Waals surface area contributed by atoms with Crippen LogP contribution in [-0.2, 0) is 9.47 Å². The molecule has 7 nitrogen and oxygen atoms in total. The van der Waals surface area contributed by atoms with Crippen molar-refractivity contribution in [2.75, 3.05) is 37.7 Å². The lowest BCUT2D eigenvalue weighted by atomic mass is 10.0. The molecule has 0 saturated carbocycles. The molecule has 1 amide bonds. The summed E-state index contributed by atoms with van der Waals surface area (Å²) >= 11 is 0. The van der Waals surface area contributed by atoms with E-state index in [9.17, 15) is 9.59 Å². The Morgan fingerprint density at radius 1 is 1.09 bits per heavy atom. The molecule has 1 saturated heterocycles. The Balaban J connectivity index is 1.87. The van der Waals surface area contributed by atoms with Crippen molar-refractivity contribution in [1.29, 1.82) is 0 Å². The van der Waals surface area contributed by atoms with Gasteiger partial charge >= 0.3 is 6.09 Å². The fraction of sp³-hybridized carbons (Fsp3) is 0.462. The van der Waals surface area contributed by atoms with Gasteiger partial charge in [0.2, 0.25) is 0 Å². The lowest BCUT2D eigenvalue weighted by molar-refractivity contribution is -0.0119. The van der Waals surface area contributed by atoms with E-state index in [1.54, 1.807) is 4.90 Å². The first-order chi connectivity index (χ1) is 15.8. The van der Waals surface area contributed by atoms with E-state index in [0.29, 0.717) is 38.4 Å². The summed E-state index contributed by atoms with van der Waals surface area (Å²) in [5, 5.41) is 0. The average Bonchev–Trinajstić information content (AvgIpc) is 2.78. The monoisotopic (exact) mass is 454 g/mol. The smallest absolute Gasteiger partial charge is 0.410 e. The average molecular weight is 455 g/mol. The summed E-state index contributed by atoms with van der Waals surface area (Å²) in [4.78, 5) is 28.4. The molecular weight excluding hydrogens is 420 g/mol. The number of amides is 1. The Morgan fingerprint density at radius 2 is 1.85 bits per heavy atom. The van der Waals surface area contributed by atoms with Crippen LogP contribution in [0.2, 0.25) is 0 Å². The summed E-state index contributed by atoms with van der Waals surface area (Å²) in [6.45, 7) is 11.8. The van der Waals surface area contributed by atoms with E-state index in [1.165, 1.54) is 0 Å². The lowest BCUT2D eigenvalue weighted by Crippen LogP contribution is -2.56. The summed E-state index contributed by atoms with van der Waals surface area (Å²) in [7, 11) is 0. The van der Waals surface area contributed by atoms with Gasteiger partial charge in [-0.25, -0.2) is 4.79 Å². The largest absolute Gasteiger partial charge is 0.493 e. The van der Waals surface area contributed by atoms with Gasteiger partial charge < -0.3 is 24.0 Å². The van der Waals surface area contributed by atoms with Crippen LogP contribution in [0, 0.1) is 0 Å². The van der Waals surface area contributed by atoms with Crippen LogP contribution in [0.5, 0.6) is 5.75 Å². The number of carbonyl (C=O) groups excluding carboxylic acids is 2. The molecule has 0 aliphatic carbocycles. The second-order valence-corrected chi connectivity index (χ2v) is 8.85. The molecule has 1 aliphatic heterocycles. The summed E-state index contributed by atoms with van der Waals surface area (Å²) in [5.41, 5.74) is 2.63. The molecule has 178 valence electrons. The zero-order valence-corrected chi connectivity index (χ0v) is 20.2. The van der Waals surface area contributed by atoms with Crippen LogP contribution in [0.25, 0.3) is 11.1 Å². The molecule has 0 spiro atoms. The third-order valence-corrected chi connectivity index (χ3v) is 5.31. The number of piperazine rings is 1. The molecule has 1 aliphatic rings. The first kappa shape index (κ1) is 24.6. The Bertz CT molecular complexity index is 969. The standard InChI is InChI=1S/C26H34N2O5/c1-6-31-23-11-9-8-10-21(23)19-12-13-22(20(16-19)18-29)28-15-14-27(17-24(28)32-7-2)25(30)33-26(3,4)5/h8-13,16,18,24H,6-7,14-15,17H2,1-5H3/t24-/m1/s1. The molecule has 0 aromatic heterocycles. The van der Waals surface area contributed by atoms with Crippen molar-refractivity contribution in [2.45, 2.75) is 46.4 Å². The van der Waals surface area contributed by atoms with Gasteiger partial charge in [0.15, 0.2) is 6.29 Å². The molecule has 1 heterocycles. The number of rotatable bonds is 7. The van der Waals surface area contributed by atoms with Crippen molar-refractivity contribution in [1.82, 2.24) is 4.90 Å². The second kappa shape index (κ2) is 10.7. The number of nitrogens with zero attached hydrogens (tertiary/aromatic N) is 2. The maximum Gasteiger partial charge on any atom is 0.410 e. The van der Waals surface area contributed by atoms with Crippen LogP contribution in [-0.4, -0.2) is 62.0 Å². The van der Waals surface area contributed by atoms with Gasteiger partial charge in [0.05, 0.1) is 13.2 Å². The molecule has 3 rings (SSSR count). The van der Waals surface area contributed by atoms with Crippen LogP contribution in [0.1, 0.15) is 45.0 Å². The van der Waals surface area contributed by atoms with Crippen molar-refractivity contribution >= 4 is 18.1 Å². The predicted molar refractivity (Wildman–Crippen MR) is 129 cm³/mol. The predicted octanol–water partition coefficient (Wildman–Crippen LogP) is 4.98. The van der Waals surface area contributed by atoms with Crippen LogP contribution in [0.4, 0.5) is 10.5 Å². The van der Waals surface area contributed by atoms with Gasteiger partial charge in [-0.05, 0) is 58.4 Å². The number of hydrogen-bond donors (Lipinski definition) is 0. The van der Waals surface area contributed by atoms with Crippen LogP contribution >= 0.6 is 0 Å². The van der Waals surface area contributed by atoms with Gasteiger partial charge in [-0.1, -0.05) is 24.3 Å². The number of hydrogen-bond acceptors (Lipinski definition) is 6. The molecule has 1 fully saturated rings. The fourth-order valence-corrected chi connectivity index (χ4v) is 3.92. The molecule has 0 bridgehead atoms. The minimum absolute atomic E-state index is 0.356. The zero-order chi connectivity index (χ0) is 24.0. The maximum absolute atomic E-state index is 12.6. The molecule has 7 heteroatoms. The highest BCUT2D eigenvalue weighted by Crippen LogP contribution is 2.34. The topological polar surface area (TPSA) is 68.3 Å². The summed E-state index contributed by atoms with van der Waals surface area (Å²) in [5.74, 6) is 0.780. The fourth-order valence-electron chi connectivity index (χ4n) is 3.92. The highest BCUT2D eigenvalue weighted by atomic mass is 16.6. The first-order valence-corrected chi connectivity index (χ1v) is 11.4. The van der Waals surface area contributed by atoms with E-state index in [2.05, 4.69) is 0 Å². The molecule has 0 unspecified atom stereocenters. The molecule has 1 atom stereocenters. The van der Waals surface area contributed by atoms with Crippen molar-refractivity contribution in [2.24, 2.45) is 0 Å². The highest BCUT2D eigenvalue weighted by Gasteiger charge is 2.33. The number of carbonyl (C=O) groups is 2. The van der Waals surface area contributed by atoms with Gasteiger partial charge in [-0.15, -0.1) is 0 Å². The van der Waals surface area contributed by atoms with Crippen LogP contribution in [0.3, 0.4) is 0 Å². The minimum Gasteiger partial charge on any atom is -0.493 e. The summed E-state index contributed by atoms with van der Waals surface area (Å²) < 4.78 is 17.3. The molecular formula is C26H34N2O5. The number of aldehydes is 1. The summed E-state index contributed by atoms with van der Waals surface area (Å²) in [6, 6.07) is 13.6. The molecule has 2 aromatic carbocycles. The Labute approximate surface area is 196 Å². The Morgan fingerprint density at radius 3 is 2.52 bits per heavy atom. The Kier molecular flexibility index (Phi) is 7.97. The van der Waals surface area contributed by atoms with Crippen molar-refractivity contribution in [3.8, 4) is 16.9 Å². The van der Waals surface area contributed by atoms with Gasteiger partial charge in [0.25, 0.3) is 0 Å². The van der Waals surface area contributed by atoms with E-state index in [4.69, 9.17) is 14.2 Å². The SMILES string of the molecule is CCOc1ccccc1-c1ccc(N2CCN(C(=O)OC(C)(C)C)C[C@H]2OCC)c(C=O)c1. The van der Waals surface area contributed by atoms with E-state index in [0.717, 1.165) is 28.8 Å². The van der Waals surface area contributed by atoms with Crippen molar-refractivity contribution in [3.63, 3.8) is 0 Å². The third kappa shape index (κ3) is 6.05. The van der Waals surface area contributed by atoms with Crippen molar-refractivity contribution in [3.05, 3.63) is 48.0 Å². The lowest BCUT2D eigenvalue weighted by Gasteiger charge is -2.42. The first-order valence-electron chi connectivity index (χ1n) is 11.4. The van der Waals surface area contributed by atoms with Gasteiger partial charge in [-0.2, -0.15) is 0 Å². The third-order valence-electron chi connectivity index (χ3n) is 5.31. The Hall–Kier alpha value is -3.06. The minimum atomic E-state index is -0.562. The zero-order valence-electron chi connectivity index (χ0n) is 20.2. The number of para-hydroxylation sites is 1. The van der Waals surface area contributed by atoms with Gasteiger partial charge in [0.1, 0.15) is 17.6 Å². The van der Waals surface area contributed by atoms with E-state index >= 15 is 0 Å². The molecule has 33 heavy (non-hydrogen) atoms. The molecule has 0 N–H and O–H groups in total. The maximum atomic E-state index is 12.6. The summed E-state index contributed by atoms with van der Waals surface area (Å²) in [6.07, 6.45) is 0.132.